The summed E-state index contributed by atoms with van der Waals surface area (Å²) in [5.41, 5.74) is 3.89. The van der Waals surface area contributed by atoms with Crippen LogP contribution in [0.1, 0.15) is 67.4 Å². The molecule has 1 atom stereocenters. The Labute approximate surface area is 259 Å². The summed E-state index contributed by atoms with van der Waals surface area (Å²) in [7, 11) is 0. The maximum Gasteiger partial charge on any atom is 0.261 e. The molecule has 0 saturated carbocycles. The minimum atomic E-state index is -0.994. The fourth-order valence-corrected chi connectivity index (χ4v) is 6.90. The Bertz CT molecular complexity index is 1960. The van der Waals surface area contributed by atoms with E-state index in [0.717, 1.165) is 25.0 Å². The van der Waals surface area contributed by atoms with Crippen molar-refractivity contribution < 1.29 is 27.2 Å². The van der Waals surface area contributed by atoms with Gasteiger partial charge < -0.3 is 14.6 Å². The number of pyridine rings is 2. The topological polar surface area (TPSA) is 114 Å². The van der Waals surface area contributed by atoms with Crippen LogP contribution in [0.4, 0.5) is 13.2 Å². The minimum absolute atomic E-state index is 0.00285. The number of rotatable bonds is 8. The lowest BCUT2D eigenvalue weighted by atomic mass is 9.93. The number of nitrogens with zero attached hydrogens (tertiary/aromatic N) is 5. The molecule has 13 heteroatoms. The largest absolute Gasteiger partial charge is 0.421 e. The zero-order valence-electron chi connectivity index (χ0n) is 23.9. The monoisotopic (exact) mass is 630 g/mol. The smallest absolute Gasteiger partial charge is 0.261 e. The molecule has 1 fully saturated rings. The van der Waals surface area contributed by atoms with Crippen LogP contribution in [0, 0.1) is 24.4 Å². The molecule has 1 aromatic carbocycles. The van der Waals surface area contributed by atoms with Crippen LogP contribution < -0.4 is 5.32 Å². The quantitative estimate of drug-likeness (QED) is 0.224. The number of thiophene rings is 1. The molecule has 0 radical (unpaired) electrons. The molecule has 45 heavy (non-hydrogen) atoms. The second-order valence-electron chi connectivity index (χ2n) is 10.9. The van der Waals surface area contributed by atoms with Gasteiger partial charge in [-0.1, -0.05) is 6.07 Å². The summed E-state index contributed by atoms with van der Waals surface area (Å²) in [6.45, 7) is 2.28. The molecule has 9 nitrogen and oxygen atoms in total. The predicted molar refractivity (Wildman–Crippen MR) is 158 cm³/mol. The maximum absolute atomic E-state index is 13.9. The molecule has 0 spiro atoms. The Morgan fingerprint density at radius 2 is 1.91 bits per heavy atom. The van der Waals surface area contributed by atoms with E-state index in [1.807, 2.05) is 4.90 Å². The first-order chi connectivity index (χ1) is 21.8. The molecule has 4 aromatic heterocycles. The van der Waals surface area contributed by atoms with Crippen molar-refractivity contribution >= 4 is 23.2 Å². The van der Waals surface area contributed by atoms with Crippen LogP contribution in [0.2, 0.25) is 0 Å². The second kappa shape index (κ2) is 11.5. The summed E-state index contributed by atoms with van der Waals surface area (Å²) in [6, 6.07) is 9.68. The third-order valence-electron chi connectivity index (χ3n) is 8.00. The van der Waals surface area contributed by atoms with Crippen LogP contribution in [0.3, 0.4) is 0 Å². The zero-order valence-corrected chi connectivity index (χ0v) is 24.8. The van der Waals surface area contributed by atoms with Crippen LogP contribution >= 0.6 is 11.3 Å². The molecule has 0 unspecified atom stereocenters. The Balaban J connectivity index is 1.31. The van der Waals surface area contributed by atoms with E-state index in [9.17, 15) is 22.8 Å². The SMILES string of the molecule is Cc1nnc(-c2c(CCc3ccc(F)cn3)nc3c(c2-c2ccc(C(=O)NCc4ccc(F)c(F)c4)s2)C(=O)N2CCC[C@@H]32)o1. The zero-order chi connectivity index (χ0) is 31.2. The molecule has 2 aliphatic heterocycles. The summed E-state index contributed by atoms with van der Waals surface area (Å²) in [5.74, 6) is -2.42. The fourth-order valence-electron chi connectivity index (χ4n) is 5.92. The number of halogens is 3. The summed E-state index contributed by atoms with van der Waals surface area (Å²) in [6.07, 6.45) is 3.65. The van der Waals surface area contributed by atoms with Crippen molar-refractivity contribution in [3.8, 4) is 21.9 Å². The normalized spacial score (nSPS) is 15.4. The van der Waals surface area contributed by atoms with Crippen LogP contribution in [-0.4, -0.2) is 43.4 Å². The van der Waals surface area contributed by atoms with Gasteiger partial charge in [-0.05, 0) is 67.6 Å². The molecule has 228 valence electrons. The van der Waals surface area contributed by atoms with E-state index in [1.54, 1.807) is 25.1 Å². The number of hydrogen-bond donors (Lipinski definition) is 1. The molecular formula is C32H25F3N6O3S. The Kier molecular flexibility index (Phi) is 7.40. The average molecular weight is 631 g/mol. The van der Waals surface area contributed by atoms with Gasteiger partial charge >= 0.3 is 0 Å². The molecule has 6 heterocycles. The highest BCUT2D eigenvalue weighted by Gasteiger charge is 2.44. The van der Waals surface area contributed by atoms with Gasteiger partial charge in [0.05, 0.1) is 39.6 Å². The highest BCUT2D eigenvalue weighted by Crippen LogP contribution is 2.49. The lowest BCUT2D eigenvalue weighted by molar-refractivity contribution is 0.0776. The Hall–Kier alpha value is -4.91. The molecule has 2 aliphatic rings. The van der Waals surface area contributed by atoms with E-state index >= 15 is 0 Å². The van der Waals surface area contributed by atoms with Gasteiger partial charge in [-0.25, -0.2) is 13.2 Å². The third kappa shape index (κ3) is 5.37. The molecule has 7 rings (SSSR count). The third-order valence-corrected chi connectivity index (χ3v) is 9.10. The van der Waals surface area contributed by atoms with Gasteiger partial charge in [-0.15, -0.1) is 21.5 Å². The predicted octanol–water partition coefficient (Wildman–Crippen LogP) is 5.99. The number of nitrogens with one attached hydrogen (secondary N) is 1. The Morgan fingerprint density at radius 3 is 2.67 bits per heavy atom. The number of carbonyl (C=O) groups excluding carboxylic acids is 2. The summed E-state index contributed by atoms with van der Waals surface area (Å²) in [5, 5.41) is 11.1. The van der Waals surface area contributed by atoms with Crippen molar-refractivity contribution in [3.05, 3.63) is 105 Å². The molecule has 5 aromatic rings. The van der Waals surface area contributed by atoms with Crippen molar-refractivity contribution in [3.63, 3.8) is 0 Å². The number of hydrogen-bond acceptors (Lipinski definition) is 8. The fraction of sp³-hybridized carbons (Fsp3) is 0.250. The second-order valence-corrected chi connectivity index (χ2v) is 12.0. The number of benzene rings is 1. The van der Waals surface area contributed by atoms with Gasteiger partial charge in [0.1, 0.15) is 5.82 Å². The summed E-state index contributed by atoms with van der Waals surface area (Å²) in [4.78, 5) is 39.1. The molecule has 1 saturated heterocycles. The maximum atomic E-state index is 13.9. The van der Waals surface area contributed by atoms with E-state index in [4.69, 9.17) is 9.40 Å². The minimum Gasteiger partial charge on any atom is -0.421 e. The Morgan fingerprint density at radius 1 is 1.04 bits per heavy atom. The van der Waals surface area contributed by atoms with Gasteiger partial charge in [-0.3, -0.25) is 19.6 Å². The number of aryl methyl sites for hydroxylation is 3. The molecule has 1 N–H and O–H groups in total. The first-order valence-electron chi connectivity index (χ1n) is 14.4. The number of carbonyl (C=O) groups is 2. The van der Waals surface area contributed by atoms with Gasteiger partial charge in [0.25, 0.3) is 11.8 Å². The summed E-state index contributed by atoms with van der Waals surface area (Å²) < 4.78 is 46.4. The highest BCUT2D eigenvalue weighted by molar-refractivity contribution is 7.17. The van der Waals surface area contributed by atoms with Gasteiger partial charge in [0.15, 0.2) is 11.6 Å². The summed E-state index contributed by atoms with van der Waals surface area (Å²) >= 11 is 1.18. The van der Waals surface area contributed by atoms with E-state index in [-0.39, 0.29) is 24.4 Å². The van der Waals surface area contributed by atoms with Crippen molar-refractivity contribution in [2.24, 2.45) is 0 Å². The lowest BCUT2D eigenvalue weighted by Crippen LogP contribution is -2.23. The van der Waals surface area contributed by atoms with E-state index in [2.05, 4.69) is 20.5 Å². The molecule has 0 aliphatic carbocycles. The first kappa shape index (κ1) is 28.8. The van der Waals surface area contributed by atoms with Crippen molar-refractivity contribution in [2.75, 3.05) is 6.54 Å². The lowest BCUT2D eigenvalue weighted by Gasteiger charge is -2.16. The van der Waals surface area contributed by atoms with Crippen LogP contribution in [-0.2, 0) is 19.4 Å². The van der Waals surface area contributed by atoms with Crippen molar-refractivity contribution in [1.82, 2.24) is 30.4 Å². The van der Waals surface area contributed by atoms with Crippen LogP contribution in [0.5, 0.6) is 0 Å². The van der Waals surface area contributed by atoms with Crippen LogP contribution in [0.25, 0.3) is 21.9 Å². The molecule has 2 amide bonds. The van der Waals surface area contributed by atoms with Crippen molar-refractivity contribution in [1.29, 1.82) is 0 Å². The van der Waals surface area contributed by atoms with Gasteiger partial charge in [-0.2, -0.15) is 0 Å². The number of amides is 2. The standard InChI is InChI=1S/C32H25F3N6O3S/c1-16-39-40-31(44-16)26-22(9-7-19-6-5-18(33)15-36-19)38-29-23-3-2-12-41(23)32(43)28(29)27(26)24-10-11-25(45-24)30(42)37-14-17-4-8-20(34)21(35)13-17/h4-6,8,10-11,13,15,23H,2-3,7,9,12,14H2,1H3,(H,37,42)/t23-/m0/s1. The molecule has 0 bridgehead atoms. The molecular weight excluding hydrogens is 605 g/mol. The van der Waals surface area contributed by atoms with Crippen molar-refractivity contribution in [2.45, 2.75) is 45.2 Å². The van der Waals surface area contributed by atoms with E-state index in [1.165, 1.54) is 29.7 Å². The van der Waals surface area contributed by atoms with E-state index in [0.29, 0.717) is 74.4 Å². The average Bonchev–Trinajstić information content (AvgIpc) is 3.84. The number of aromatic nitrogens is 4. The van der Waals surface area contributed by atoms with E-state index < -0.39 is 23.4 Å². The number of fused-ring (bicyclic) bond motifs is 3. The van der Waals surface area contributed by atoms with Gasteiger partial charge in [0.2, 0.25) is 11.8 Å². The van der Waals surface area contributed by atoms with Gasteiger partial charge in [0, 0.05) is 36.1 Å². The highest BCUT2D eigenvalue weighted by atomic mass is 32.1. The first-order valence-corrected chi connectivity index (χ1v) is 15.2. The van der Waals surface area contributed by atoms with Crippen LogP contribution in [0.15, 0.2) is 53.1 Å².